The van der Waals surface area contributed by atoms with E-state index in [1.54, 1.807) is 0 Å². The number of esters is 1. The van der Waals surface area contributed by atoms with Gasteiger partial charge in [0.15, 0.2) is 0 Å². The molecule has 110 valence electrons. The van der Waals surface area contributed by atoms with Crippen LogP contribution in [0.4, 0.5) is 0 Å². The first kappa shape index (κ1) is 16.5. The summed E-state index contributed by atoms with van der Waals surface area (Å²) >= 11 is 4.46. The lowest BCUT2D eigenvalue weighted by Crippen LogP contribution is -2.86. The molecule has 1 aromatic rings. The second-order valence-electron chi connectivity index (χ2n) is 5.79. The van der Waals surface area contributed by atoms with Gasteiger partial charge in [0.1, 0.15) is 5.60 Å². The van der Waals surface area contributed by atoms with E-state index in [1.807, 2.05) is 32.0 Å². The number of quaternary nitrogens is 1. The standard InChI is InChI=1S/C15H19I2NO2/c1-15(2,11-3-5-18-6-4-11)20-14(19)10-7-12(16)9-13(17)8-10/h7-9,11,18H,3-6H2,1-2H3/p+1. The van der Waals surface area contributed by atoms with Crippen molar-refractivity contribution in [3.05, 3.63) is 30.9 Å². The van der Waals surface area contributed by atoms with Crippen molar-refractivity contribution in [3.8, 4) is 0 Å². The van der Waals surface area contributed by atoms with Crippen molar-refractivity contribution >= 4 is 51.2 Å². The molecule has 1 aromatic carbocycles. The topological polar surface area (TPSA) is 42.9 Å². The highest BCUT2D eigenvalue weighted by atomic mass is 127. The predicted molar refractivity (Wildman–Crippen MR) is 95.8 cm³/mol. The maximum Gasteiger partial charge on any atom is 0.338 e. The minimum Gasteiger partial charge on any atom is -0.456 e. The number of hydrogen-bond donors (Lipinski definition) is 1. The second-order valence-corrected chi connectivity index (χ2v) is 8.28. The molecule has 0 atom stereocenters. The van der Waals surface area contributed by atoms with Crippen molar-refractivity contribution in [2.24, 2.45) is 5.92 Å². The van der Waals surface area contributed by atoms with Crippen molar-refractivity contribution in [3.63, 3.8) is 0 Å². The van der Waals surface area contributed by atoms with E-state index in [4.69, 9.17) is 4.74 Å². The molecular formula is C15H20I2NO2+. The third kappa shape index (κ3) is 4.30. The average molecular weight is 500 g/mol. The zero-order valence-electron chi connectivity index (χ0n) is 11.8. The summed E-state index contributed by atoms with van der Waals surface area (Å²) in [7, 11) is 0. The molecule has 0 radical (unpaired) electrons. The summed E-state index contributed by atoms with van der Waals surface area (Å²) in [5.41, 5.74) is 0.259. The molecule has 2 rings (SSSR count). The van der Waals surface area contributed by atoms with Crippen LogP contribution in [0.2, 0.25) is 0 Å². The largest absolute Gasteiger partial charge is 0.456 e. The number of hydrogen-bond acceptors (Lipinski definition) is 2. The number of rotatable bonds is 3. The van der Waals surface area contributed by atoms with Gasteiger partial charge < -0.3 is 10.1 Å². The Labute approximate surface area is 147 Å². The van der Waals surface area contributed by atoms with Gasteiger partial charge in [0.05, 0.1) is 18.7 Å². The van der Waals surface area contributed by atoms with Gasteiger partial charge in [-0.25, -0.2) is 4.79 Å². The highest BCUT2D eigenvalue weighted by molar-refractivity contribution is 14.1. The number of ether oxygens (including phenoxy) is 1. The molecule has 2 N–H and O–H groups in total. The maximum atomic E-state index is 12.4. The minimum atomic E-state index is -0.391. The quantitative estimate of drug-likeness (QED) is 0.513. The van der Waals surface area contributed by atoms with Gasteiger partial charge >= 0.3 is 5.97 Å². The van der Waals surface area contributed by atoms with Crippen LogP contribution >= 0.6 is 45.2 Å². The van der Waals surface area contributed by atoms with Gasteiger partial charge in [-0.3, -0.25) is 0 Å². The van der Waals surface area contributed by atoms with E-state index in [0.29, 0.717) is 11.5 Å². The molecule has 1 saturated heterocycles. The molecular weight excluding hydrogens is 480 g/mol. The van der Waals surface area contributed by atoms with E-state index >= 15 is 0 Å². The number of carbonyl (C=O) groups is 1. The molecule has 1 aliphatic rings. The number of nitrogens with two attached hydrogens (primary N) is 1. The van der Waals surface area contributed by atoms with Crippen LogP contribution in [0, 0.1) is 13.1 Å². The lowest BCUT2D eigenvalue weighted by Gasteiger charge is -2.35. The van der Waals surface area contributed by atoms with Crippen LogP contribution < -0.4 is 5.32 Å². The summed E-state index contributed by atoms with van der Waals surface area (Å²) in [5, 5.41) is 2.33. The van der Waals surface area contributed by atoms with Crippen molar-refractivity contribution < 1.29 is 14.8 Å². The SMILES string of the molecule is CC(C)(OC(=O)c1cc(I)cc(I)c1)C1CC[NH2+]CC1. The Morgan fingerprint density at radius 1 is 1.20 bits per heavy atom. The Balaban J connectivity index is 2.09. The molecule has 0 aromatic heterocycles. The molecule has 0 unspecified atom stereocenters. The van der Waals surface area contributed by atoms with E-state index < -0.39 is 5.60 Å². The number of benzene rings is 1. The maximum absolute atomic E-state index is 12.4. The van der Waals surface area contributed by atoms with Crippen LogP contribution in [0.15, 0.2) is 18.2 Å². The van der Waals surface area contributed by atoms with Crippen molar-refractivity contribution in [1.29, 1.82) is 0 Å². The molecule has 0 amide bonds. The van der Waals surface area contributed by atoms with Gasteiger partial charge in [0.25, 0.3) is 0 Å². The van der Waals surface area contributed by atoms with E-state index in [2.05, 4.69) is 50.5 Å². The van der Waals surface area contributed by atoms with Crippen LogP contribution in [0.25, 0.3) is 0 Å². The van der Waals surface area contributed by atoms with Crippen LogP contribution in [0.1, 0.15) is 37.0 Å². The third-order valence-corrected chi connectivity index (χ3v) is 5.12. The number of halogens is 2. The fourth-order valence-corrected chi connectivity index (χ4v) is 4.61. The monoisotopic (exact) mass is 500 g/mol. The van der Waals surface area contributed by atoms with Gasteiger partial charge in [-0.1, -0.05) is 0 Å². The van der Waals surface area contributed by atoms with Gasteiger partial charge in [-0.05, 0) is 77.2 Å². The lowest BCUT2D eigenvalue weighted by molar-refractivity contribution is -0.665. The van der Waals surface area contributed by atoms with Gasteiger partial charge in [0, 0.05) is 25.9 Å². The van der Waals surface area contributed by atoms with Crippen molar-refractivity contribution in [2.45, 2.75) is 32.3 Å². The molecule has 0 bridgehead atoms. The zero-order chi connectivity index (χ0) is 14.8. The average Bonchev–Trinajstić information content (AvgIpc) is 2.38. The highest BCUT2D eigenvalue weighted by Crippen LogP contribution is 2.29. The summed E-state index contributed by atoms with van der Waals surface area (Å²) in [6.07, 6.45) is 2.23. The van der Waals surface area contributed by atoms with Crippen molar-refractivity contribution in [1.82, 2.24) is 0 Å². The molecule has 5 heteroatoms. The van der Waals surface area contributed by atoms with Crippen LogP contribution in [-0.4, -0.2) is 24.7 Å². The Morgan fingerprint density at radius 2 is 1.75 bits per heavy atom. The molecule has 1 aliphatic heterocycles. The minimum absolute atomic E-state index is 0.207. The van der Waals surface area contributed by atoms with Crippen LogP contribution in [0.5, 0.6) is 0 Å². The molecule has 0 aliphatic carbocycles. The van der Waals surface area contributed by atoms with E-state index in [-0.39, 0.29) is 5.97 Å². The Kier molecular flexibility index (Phi) is 5.70. The Bertz CT molecular complexity index is 476. The first-order valence-electron chi connectivity index (χ1n) is 6.89. The molecule has 0 spiro atoms. The predicted octanol–water partition coefficient (Wildman–Crippen LogP) is 2.80. The van der Waals surface area contributed by atoms with Crippen LogP contribution in [0.3, 0.4) is 0 Å². The van der Waals surface area contributed by atoms with E-state index in [1.165, 1.54) is 0 Å². The molecule has 20 heavy (non-hydrogen) atoms. The van der Waals surface area contributed by atoms with Gasteiger partial charge in [-0.15, -0.1) is 0 Å². The fraction of sp³-hybridized carbons (Fsp3) is 0.533. The normalized spacial score (nSPS) is 17.0. The van der Waals surface area contributed by atoms with E-state index in [0.717, 1.165) is 33.1 Å². The summed E-state index contributed by atoms with van der Waals surface area (Å²) in [6.45, 7) is 6.35. The lowest BCUT2D eigenvalue weighted by atomic mass is 9.83. The van der Waals surface area contributed by atoms with Crippen molar-refractivity contribution in [2.75, 3.05) is 13.1 Å². The summed E-state index contributed by atoms with van der Waals surface area (Å²) in [6, 6.07) is 5.81. The Morgan fingerprint density at radius 3 is 2.30 bits per heavy atom. The second kappa shape index (κ2) is 6.91. The molecule has 1 heterocycles. The molecule has 1 fully saturated rings. The fourth-order valence-electron chi connectivity index (χ4n) is 2.67. The summed E-state index contributed by atoms with van der Waals surface area (Å²) in [4.78, 5) is 12.4. The zero-order valence-corrected chi connectivity index (χ0v) is 16.1. The first-order valence-corrected chi connectivity index (χ1v) is 9.05. The molecule has 3 nitrogen and oxygen atoms in total. The summed E-state index contributed by atoms with van der Waals surface area (Å²) < 4.78 is 7.94. The van der Waals surface area contributed by atoms with Crippen LogP contribution in [-0.2, 0) is 4.74 Å². The first-order chi connectivity index (χ1) is 9.38. The van der Waals surface area contributed by atoms with Gasteiger partial charge in [0.2, 0.25) is 0 Å². The highest BCUT2D eigenvalue weighted by Gasteiger charge is 2.35. The van der Waals surface area contributed by atoms with Gasteiger partial charge in [-0.2, -0.15) is 0 Å². The third-order valence-electron chi connectivity index (χ3n) is 3.88. The number of piperidine rings is 1. The smallest absolute Gasteiger partial charge is 0.338 e. The summed E-state index contributed by atoms with van der Waals surface area (Å²) in [5.74, 6) is 0.249. The Hall–Kier alpha value is 0.110. The number of carbonyl (C=O) groups excluding carboxylic acids is 1. The molecule has 0 saturated carbocycles. The van der Waals surface area contributed by atoms with E-state index in [9.17, 15) is 4.79 Å².